The second kappa shape index (κ2) is 9.20. The number of methoxy groups -OCH3 is 1. The number of nitrogens with zero attached hydrogens (tertiary/aromatic N) is 3. The number of aryl methyl sites for hydroxylation is 1. The smallest absolute Gasteiger partial charge is 0.191 e. The van der Waals surface area contributed by atoms with E-state index < -0.39 is 0 Å². The number of guanidine groups is 1. The zero-order valence-electron chi connectivity index (χ0n) is 16.3. The summed E-state index contributed by atoms with van der Waals surface area (Å²) in [6, 6.07) is 0. The Hall–Kier alpha value is -1.60. The summed E-state index contributed by atoms with van der Waals surface area (Å²) in [7, 11) is 1.71. The molecule has 1 saturated heterocycles. The first-order valence-electron chi connectivity index (χ1n) is 9.17. The van der Waals surface area contributed by atoms with Gasteiger partial charge in [-0.05, 0) is 40.5 Å². The van der Waals surface area contributed by atoms with E-state index in [9.17, 15) is 0 Å². The van der Waals surface area contributed by atoms with Crippen LogP contribution in [0.2, 0.25) is 0 Å². The van der Waals surface area contributed by atoms with E-state index in [-0.39, 0.29) is 5.60 Å². The first-order valence-corrected chi connectivity index (χ1v) is 9.17. The zero-order valence-corrected chi connectivity index (χ0v) is 16.3. The maximum Gasteiger partial charge on any atom is 0.191 e. The molecular formula is C18H33N5O2. The average Bonchev–Trinajstić information content (AvgIpc) is 3.13. The molecule has 1 aliphatic heterocycles. The van der Waals surface area contributed by atoms with Crippen LogP contribution in [0.15, 0.2) is 4.99 Å². The van der Waals surface area contributed by atoms with Gasteiger partial charge in [-0.1, -0.05) is 0 Å². The molecule has 0 saturated carbocycles. The van der Waals surface area contributed by atoms with E-state index in [2.05, 4.69) is 36.5 Å². The maximum absolute atomic E-state index is 5.84. The fraction of sp³-hybridized carbons (Fsp3) is 0.778. The van der Waals surface area contributed by atoms with Crippen molar-refractivity contribution in [3.63, 3.8) is 0 Å². The van der Waals surface area contributed by atoms with E-state index >= 15 is 0 Å². The van der Waals surface area contributed by atoms with Gasteiger partial charge in [0.2, 0.25) is 0 Å². The lowest BCUT2D eigenvalue weighted by atomic mass is 10.0. The second-order valence-corrected chi connectivity index (χ2v) is 6.82. The Balaban J connectivity index is 2.01. The van der Waals surface area contributed by atoms with Gasteiger partial charge >= 0.3 is 0 Å². The highest BCUT2D eigenvalue weighted by Crippen LogP contribution is 2.23. The lowest BCUT2D eigenvalue weighted by Crippen LogP contribution is -2.45. The molecule has 2 N–H and O–H groups in total. The van der Waals surface area contributed by atoms with Crippen molar-refractivity contribution < 1.29 is 9.47 Å². The standard InChI is InChI=1S/C18H33N5O2/c1-6-19-17(21-13-18(4)8-7-10-25-18)20-12-16-14(2)22-23(15(16)3)9-11-24-5/h6-13H2,1-5H3,(H2,19,20,21). The van der Waals surface area contributed by atoms with Gasteiger partial charge in [0.15, 0.2) is 5.96 Å². The van der Waals surface area contributed by atoms with Crippen LogP contribution in [0.1, 0.15) is 43.6 Å². The predicted molar refractivity (Wildman–Crippen MR) is 100.0 cm³/mol. The molecule has 142 valence electrons. The number of aliphatic imine (C=N–C) groups is 1. The summed E-state index contributed by atoms with van der Waals surface area (Å²) >= 11 is 0. The third-order valence-electron chi connectivity index (χ3n) is 4.71. The van der Waals surface area contributed by atoms with Crippen molar-refractivity contribution in [2.45, 2.75) is 59.2 Å². The molecule has 1 atom stereocenters. The third kappa shape index (κ3) is 5.44. The van der Waals surface area contributed by atoms with Crippen molar-refractivity contribution >= 4 is 5.96 Å². The topological polar surface area (TPSA) is 72.7 Å². The first kappa shape index (κ1) is 19.7. The fourth-order valence-corrected chi connectivity index (χ4v) is 3.11. The highest BCUT2D eigenvalue weighted by Gasteiger charge is 2.29. The monoisotopic (exact) mass is 351 g/mol. The molecule has 0 radical (unpaired) electrons. The van der Waals surface area contributed by atoms with Crippen molar-refractivity contribution in [2.24, 2.45) is 4.99 Å². The van der Waals surface area contributed by atoms with Crippen molar-refractivity contribution in [1.29, 1.82) is 0 Å². The van der Waals surface area contributed by atoms with Gasteiger partial charge in [-0.3, -0.25) is 4.68 Å². The van der Waals surface area contributed by atoms with E-state index in [0.29, 0.717) is 13.2 Å². The predicted octanol–water partition coefficient (Wildman–Crippen LogP) is 1.77. The number of hydrogen-bond acceptors (Lipinski definition) is 4. The zero-order chi connectivity index (χ0) is 18.3. The van der Waals surface area contributed by atoms with Gasteiger partial charge in [0.05, 0.1) is 31.0 Å². The molecule has 0 spiro atoms. The van der Waals surface area contributed by atoms with Crippen LogP contribution in [0.4, 0.5) is 0 Å². The molecule has 2 rings (SSSR count). The van der Waals surface area contributed by atoms with Crippen molar-refractivity contribution in [1.82, 2.24) is 20.4 Å². The molecule has 1 aromatic heterocycles. The minimum absolute atomic E-state index is 0.0902. The number of ether oxygens (including phenoxy) is 2. The molecular weight excluding hydrogens is 318 g/mol. The molecule has 1 unspecified atom stereocenters. The van der Waals surface area contributed by atoms with Gasteiger partial charge in [0, 0.05) is 38.1 Å². The van der Waals surface area contributed by atoms with Gasteiger partial charge in [0.25, 0.3) is 0 Å². The molecule has 2 heterocycles. The summed E-state index contributed by atoms with van der Waals surface area (Å²) in [5.41, 5.74) is 3.27. The van der Waals surface area contributed by atoms with Crippen molar-refractivity contribution in [3.05, 3.63) is 17.0 Å². The molecule has 25 heavy (non-hydrogen) atoms. The molecule has 1 aromatic rings. The second-order valence-electron chi connectivity index (χ2n) is 6.82. The number of aromatic nitrogens is 2. The quantitative estimate of drug-likeness (QED) is 0.552. The van der Waals surface area contributed by atoms with Crippen LogP contribution in [-0.4, -0.2) is 54.8 Å². The molecule has 7 nitrogen and oxygen atoms in total. The highest BCUT2D eigenvalue weighted by molar-refractivity contribution is 5.79. The van der Waals surface area contributed by atoms with Gasteiger partial charge in [-0.25, -0.2) is 4.99 Å². The summed E-state index contributed by atoms with van der Waals surface area (Å²) in [4.78, 5) is 4.75. The van der Waals surface area contributed by atoms with Crippen LogP contribution in [0.3, 0.4) is 0 Å². The number of nitrogens with one attached hydrogen (secondary N) is 2. The molecule has 0 bridgehead atoms. The number of rotatable bonds is 8. The van der Waals surface area contributed by atoms with Gasteiger partial charge in [0.1, 0.15) is 0 Å². The summed E-state index contributed by atoms with van der Waals surface area (Å²) in [5.74, 6) is 0.822. The van der Waals surface area contributed by atoms with E-state index in [1.54, 1.807) is 7.11 Å². The van der Waals surface area contributed by atoms with E-state index in [1.807, 2.05) is 11.6 Å². The summed E-state index contributed by atoms with van der Waals surface area (Å²) in [6.07, 6.45) is 2.22. The Morgan fingerprint density at radius 3 is 2.84 bits per heavy atom. The Kier molecular flexibility index (Phi) is 7.25. The van der Waals surface area contributed by atoms with Gasteiger partial charge in [-0.15, -0.1) is 0 Å². The molecule has 1 aliphatic rings. The van der Waals surface area contributed by atoms with Crippen LogP contribution in [0.25, 0.3) is 0 Å². The van der Waals surface area contributed by atoms with Crippen LogP contribution in [-0.2, 0) is 22.6 Å². The average molecular weight is 351 g/mol. The van der Waals surface area contributed by atoms with Crippen molar-refractivity contribution in [2.75, 3.05) is 33.4 Å². The van der Waals surface area contributed by atoms with E-state index in [0.717, 1.165) is 56.4 Å². The van der Waals surface area contributed by atoms with Crippen LogP contribution >= 0.6 is 0 Å². The summed E-state index contributed by atoms with van der Waals surface area (Å²) < 4.78 is 13.0. The molecule has 0 aromatic carbocycles. The Morgan fingerprint density at radius 1 is 1.40 bits per heavy atom. The summed E-state index contributed by atoms with van der Waals surface area (Å²) in [5, 5.41) is 11.3. The SMILES string of the molecule is CCNC(=NCc1c(C)nn(CCOC)c1C)NCC1(C)CCCO1. The van der Waals surface area contributed by atoms with E-state index in [1.165, 1.54) is 5.56 Å². The molecule has 1 fully saturated rings. The Labute approximate surface area is 151 Å². The molecule has 7 heteroatoms. The highest BCUT2D eigenvalue weighted by atomic mass is 16.5. The number of hydrogen-bond donors (Lipinski definition) is 2. The Bertz CT molecular complexity index is 576. The van der Waals surface area contributed by atoms with Crippen LogP contribution in [0, 0.1) is 13.8 Å². The normalized spacial score (nSPS) is 20.9. The lowest BCUT2D eigenvalue weighted by molar-refractivity contribution is 0.0243. The lowest BCUT2D eigenvalue weighted by Gasteiger charge is -2.24. The largest absolute Gasteiger partial charge is 0.383 e. The van der Waals surface area contributed by atoms with Crippen molar-refractivity contribution in [3.8, 4) is 0 Å². The minimum atomic E-state index is -0.0902. The van der Waals surface area contributed by atoms with Crippen LogP contribution < -0.4 is 10.6 Å². The molecule has 0 amide bonds. The van der Waals surface area contributed by atoms with Crippen LogP contribution in [0.5, 0.6) is 0 Å². The summed E-state index contributed by atoms with van der Waals surface area (Å²) in [6.45, 7) is 12.8. The Morgan fingerprint density at radius 2 is 2.20 bits per heavy atom. The minimum Gasteiger partial charge on any atom is -0.383 e. The third-order valence-corrected chi connectivity index (χ3v) is 4.71. The van der Waals surface area contributed by atoms with Gasteiger partial charge in [-0.2, -0.15) is 5.10 Å². The first-order chi connectivity index (χ1) is 12.0. The fourth-order valence-electron chi connectivity index (χ4n) is 3.11. The maximum atomic E-state index is 5.84. The van der Waals surface area contributed by atoms with Gasteiger partial charge < -0.3 is 20.1 Å². The van der Waals surface area contributed by atoms with E-state index in [4.69, 9.17) is 14.5 Å². The molecule has 0 aliphatic carbocycles.